The van der Waals surface area contributed by atoms with Crippen LogP contribution in [0.1, 0.15) is 6.42 Å². The number of rotatable bonds is 2. The van der Waals surface area contributed by atoms with Crippen molar-refractivity contribution in [3.8, 4) is 11.4 Å². The van der Waals surface area contributed by atoms with Crippen LogP contribution in [-0.4, -0.2) is 57.4 Å². The first-order valence-corrected chi connectivity index (χ1v) is 8.74. The molecule has 2 amide bonds. The number of carbonyl (C=O) groups excluding carboxylic acids is 1. The fraction of sp³-hybridized carbons (Fsp3) is 0.400. The second kappa shape index (κ2) is 6.07. The van der Waals surface area contributed by atoms with Gasteiger partial charge in [0, 0.05) is 54.3 Å². The van der Waals surface area contributed by atoms with E-state index >= 15 is 0 Å². The molecule has 6 nitrogen and oxygen atoms in total. The molecule has 0 radical (unpaired) electrons. The highest BCUT2D eigenvalue weighted by molar-refractivity contribution is 7.10. The quantitative estimate of drug-likeness (QED) is 0.905. The molecule has 120 valence electrons. The second-order valence-electron chi connectivity index (χ2n) is 5.80. The highest BCUT2D eigenvalue weighted by atomic mass is 35.5. The number of hydrogen-bond acceptors (Lipinski definition) is 5. The van der Waals surface area contributed by atoms with Crippen LogP contribution in [0.2, 0.25) is 5.02 Å². The van der Waals surface area contributed by atoms with Gasteiger partial charge in [0.15, 0.2) is 5.82 Å². The lowest BCUT2D eigenvalue weighted by molar-refractivity contribution is 0.153. The van der Waals surface area contributed by atoms with Crippen molar-refractivity contribution in [1.29, 1.82) is 0 Å². The van der Waals surface area contributed by atoms with E-state index in [0.29, 0.717) is 22.0 Å². The molecule has 3 heterocycles. The third-order valence-corrected chi connectivity index (χ3v) is 5.19. The Morgan fingerprint density at radius 3 is 3.13 bits per heavy atom. The summed E-state index contributed by atoms with van der Waals surface area (Å²) in [6.45, 7) is 3.80. The highest BCUT2D eigenvalue weighted by Crippen LogP contribution is 2.25. The predicted molar refractivity (Wildman–Crippen MR) is 90.9 cm³/mol. The zero-order valence-electron chi connectivity index (χ0n) is 12.4. The molecule has 0 aliphatic carbocycles. The second-order valence-corrected chi connectivity index (χ2v) is 6.99. The molecule has 23 heavy (non-hydrogen) atoms. The summed E-state index contributed by atoms with van der Waals surface area (Å²) in [5.74, 6) is 0.582. The first kappa shape index (κ1) is 14.9. The van der Waals surface area contributed by atoms with Crippen molar-refractivity contribution in [3.63, 3.8) is 0 Å². The molecule has 2 aliphatic rings. The summed E-state index contributed by atoms with van der Waals surface area (Å²) in [5, 5.41) is 4.04. The van der Waals surface area contributed by atoms with Gasteiger partial charge in [-0.1, -0.05) is 23.7 Å². The Bertz CT molecular complexity index is 736. The number of nitrogens with zero attached hydrogens (tertiary/aromatic N) is 4. The van der Waals surface area contributed by atoms with Crippen molar-refractivity contribution in [3.05, 3.63) is 29.3 Å². The molecular formula is C15H16ClN5OS. The van der Waals surface area contributed by atoms with Crippen molar-refractivity contribution in [2.45, 2.75) is 12.5 Å². The Morgan fingerprint density at radius 2 is 2.26 bits per heavy atom. The number of amides is 2. The monoisotopic (exact) mass is 349 g/mol. The summed E-state index contributed by atoms with van der Waals surface area (Å²) in [5.41, 5.74) is 0.846. The van der Waals surface area contributed by atoms with Crippen LogP contribution in [0.3, 0.4) is 0 Å². The van der Waals surface area contributed by atoms with Gasteiger partial charge in [0.2, 0.25) is 5.13 Å². The number of carbonyl (C=O) groups is 1. The molecule has 2 unspecified atom stereocenters. The van der Waals surface area contributed by atoms with E-state index in [1.807, 2.05) is 23.1 Å². The number of benzene rings is 1. The van der Waals surface area contributed by atoms with Gasteiger partial charge in [-0.3, -0.25) is 10.2 Å². The van der Waals surface area contributed by atoms with Gasteiger partial charge in [0.05, 0.1) is 0 Å². The van der Waals surface area contributed by atoms with E-state index in [4.69, 9.17) is 11.6 Å². The maximum atomic E-state index is 12.5. The number of urea groups is 1. The predicted octanol–water partition coefficient (Wildman–Crippen LogP) is 2.78. The van der Waals surface area contributed by atoms with E-state index < -0.39 is 0 Å². The van der Waals surface area contributed by atoms with Crippen LogP contribution in [0.5, 0.6) is 0 Å². The molecule has 4 rings (SSSR count). The SMILES string of the molecule is O=C(Nc1nc(-c2cccc(Cl)c2)ns1)N1CCN2CCC1C2. The topological polar surface area (TPSA) is 61.4 Å². The Balaban J connectivity index is 1.46. The van der Waals surface area contributed by atoms with Crippen LogP contribution >= 0.6 is 23.1 Å². The molecule has 1 aromatic heterocycles. The molecule has 2 saturated heterocycles. The molecule has 2 fully saturated rings. The molecule has 2 aromatic rings. The average molecular weight is 350 g/mol. The van der Waals surface area contributed by atoms with E-state index in [1.165, 1.54) is 11.5 Å². The summed E-state index contributed by atoms with van der Waals surface area (Å²) in [6.07, 6.45) is 1.05. The van der Waals surface area contributed by atoms with E-state index in [0.717, 1.165) is 38.2 Å². The van der Waals surface area contributed by atoms with Gasteiger partial charge in [-0.15, -0.1) is 0 Å². The number of hydrogen-bond donors (Lipinski definition) is 1. The minimum absolute atomic E-state index is 0.0784. The molecule has 0 spiro atoms. The summed E-state index contributed by atoms with van der Waals surface area (Å²) in [6, 6.07) is 7.62. The van der Waals surface area contributed by atoms with Crippen LogP contribution in [0.4, 0.5) is 9.93 Å². The Labute approximate surface area is 143 Å². The summed E-state index contributed by atoms with van der Waals surface area (Å²) in [7, 11) is 0. The smallest absolute Gasteiger partial charge is 0.319 e. The zero-order valence-corrected chi connectivity index (χ0v) is 14.0. The van der Waals surface area contributed by atoms with Gasteiger partial charge in [0.1, 0.15) is 0 Å². The minimum Gasteiger partial charge on any atom is -0.319 e. The van der Waals surface area contributed by atoms with Gasteiger partial charge < -0.3 is 4.90 Å². The summed E-state index contributed by atoms with van der Waals surface area (Å²) < 4.78 is 4.30. The maximum Gasteiger partial charge on any atom is 0.324 e. The van der Waals surface area contributed by atoms with Crippen LogP contribution in [0.15, 0.2) is 24.3 Å². The molecule has 2 atom stereocenters. The average Bonchev–Trinajstić information content (AvgIpc) is 3.15. The van der Waals surface area contributed by atoms with Crippen LogP contribution in [0.25, 0.3) is 11.4 Å². The number of halogens is 1. The third kappa shape index (κ3) is 3.04. The lowest BCUT2D eigenvalue weighted by Gasteiger charge is -2.33. The summed E-state index contributed by atoms with van der Waals surface area (Å²) >= 11 is 7.18. The van der Waals surface area contributed by atoms with Crippen LogP contribution in [-0.2, 0) is 0 Å². The minimum atomic E-state index is -0.0784. The standard InChI is InChI=1S/C15H16ClN5OS/c16-11-3-1-2-10(8-11)13-17-14(23-19-13)18-15(22)21-7-6-20-5-4-12(21)9-20/h1-3,8,12H,4-7,9H2,(H,17,18,19,22). The molecule has 0 saturated carbocycles. The summed E-state index contributed by atoms with van der Waals surface area (Å²) in [4.78, 5) is 21.2. The molecule has 2 bridgehead atoms. The van der Waals surface area contributed by atoms with Gasteiger partial charge >= 0.3 is 6.03 Å². The molecule has 2 aliphatic heterocycles. The maximum absolute atomic E-state index is 12.5. The number of fused-ring (bicyclic) bond motifs is 2. The molecule has 8 heteroatoms. The first-order valence-electron chi connectivity index (χ1n) is 7.59. The molecule has 1 N–H and O–H groups in total. The number of anilines is 1. The fourth-order valence-electron chi connectivity index (χ4n) is 3.15. The van der Waals surface area contributed by atoms with Crippen LogP contribution < -0.4 is 5.32 Å². The number of aromatic nitrogens is 2. The van der Waals surface area contributed by atoms with Gasteiger partial charge in [-0.25, -0.2) is 4.79 Å². The van der Waals surface area contributed by atoms with Crippen molar-refractivity contribution < 1.29 is 4.79 Å². The van der Waals surface area contributed by atoms with E-state index in [-0.39, 0.29) is 6.03 Å². The van der Waals surface area contributed by atoms with Gasteiger partial charge in [-0.2, -0.15) is 9.36 Å². The van der Waals surface area contributed by atoms with Gasteiger partial charge in [0.25, 0.3) is 0 Å². The molecular weight excluding hydrogens is 334 g/mol. The third-order valence-electron chi connectivity index (χ3n) is 4.33. The van der Waals surface area contributed by atoms with Crippen molar-refractivity contribution in [2.24, 2.45) is 0 Å². The van der Waals surface area contributed by atoms with Crippen LogP contribution in [0, 0.1) is 0 Å². The van der Waals surface area contributed by atoms with Crippen molar-refractivity contribution in [1.82, 2.24) is 19.2 Å². The first-order chi connectivity index (χ1) is 11.2. The number of nitrogens with one attached hydrogen (secondary N) is 1. The zero-order chi connectivity index (χ0) is 15.8. The van der Waals surface area contributed by atoms with Gasteiger partial charge in [-0.05, 0) is 18.6 Å². The Morgan fingerprint density at radius 1 is 1.35 bits per heavy atom. The van der Waals surface area contributed by atoms with Crippen molar-refractivity contribution in [2.75, 3.05) is 31.5 Å². The Kier molecular flexibility index (Phi) is 3.92. The Hall–Kier alpha value is -1.70. The largest absolute Gasteiger partial charge is 0.324 e. The van der Waals surface area contributed by atoms with E-state index in [9.17, 15) is 4.79 Å². The number of piperazine rings is 1. The van der Waals surface area contributed by atoms with Crippen molar-refractivity contribution >= 4 is 34.3 Å². The normalized spacial score (nSPS) is 23.1. The fourth-order valence-corrected chi connectivity index (χ4v) is 3.92. The lowest BCUT2D eigenvalue weighted by atomic mass is 10.2. The highest BCUT2D eigenvalue weighted by Gasteiger charge is 2.35. The van der Waals surface area contributed by atoms with E-state index in [1.54, 1.807) is 6.07 Å². The van der Waals surface area contributed by atoms with E-state index in [2.05, 4.69) is 19.6 Å². The lowest BCUT2D eigenvalue weighted by Crippen LogP contribution is -2.50. The molecule has 1 aromatic carbocycles.